The zero-order valence-electron chi connectivity index (χ0n) is 15.4. The number of thiophene rings is 1. The third-order valence-electron chi connectivity index (χ3n) is 4.03. The summed E-state index contributed by atoms with van der Waals surface area (Å²) in [6.07, 6.45) is 3.31. The van der Waals surface area contributed by atoms with Gasteiger partial charge in [-0.25, -0.2) is 4.39 Å². The number of nitrogens with zero attached hydrogens (tertiary/aromatic N) is 1. The van der Waals surface area contributed by atoms with Gasteiger partial charge in [-0.05, 0) is 23.6 Å². The minimum absolute atomic E-state index is 0.0753. The van der Waals surface area contributed by atoms with E-state index in [0.717, 1.165) is 4.88 Å². The Balaban J connectivity index is 2.19. The molecule has 0 aliphatic heterocycles. The third-order valence-corrected chi connectivity index (χ3v) is 5.91. The van der Waals surface area contributed by atoms with Crippen LogP contribution in [0.5, 0.6) is 0 Å². The largest absolute Gasteiger partial charge is 0.294 e. The Morgan fingerprint density at radius 1 is 1.19 bits per heavy atom. The Morgan fingerprint density at radius 2 is 1.93 bits per heavy atom. The summed E-state index contributed by atoms with van der Waals surface area (Å²) in [5.74, 6) is -0.443. The summed E-state index contributed by atoms with van der Waals surface area (Å²) in [6, 6.07) is 10.2. The highest BCUT2D eigenvalue weighted by Gasteiger charge is 2.19. The van der Waals surface area contributed by atoms with Crippen molar-refractivity contribution in [2.45, 2.75) is 27.3 Å². The summed E-state index contributed by atoms with van der Waals surface area (Å²) in [6.45, 7) is 5.58. The fourth-order valence-electron chi connectivity index (χ4n) is 2.42. The highest BCUT2D eigenvalue weighted by Crippen LogP contribution is 2.15. The van der Waals surface area contributed by atoms with Gasteiger partial charge in [-0.2, -0.15) is 0 Å². The van der Waals surface area contributed by atoms with Crippen molar-refractivity contribution < 1.29 is 9.18 Å². The average molecular weight is 402 g/mol. The van der Waals surface area contributed by atoms with Crippen LogP contribution in [0.1, 0.15) is 31.2 Å². The molecule has 0 aliphatic carbocycles. The second-order valence-electron chi connectivity index (χ2n) is 7.21. The summed E-state index contributed by atoms with van der Waals surface area (Å²) in [7, 11) is 0. The molecule has 0 atom stereocenters. The Morgan fingerprint density at radius 3 is 2.56 bits per heavy atom. The minimum atomic E-state index is -0.555. The van der Waals surface area contributed by atoms with E-state index in [9.17, 15) is 14.0 Å². The second-order valence-corrected chi connectivity index (χ2v) is 9.25. The van der Waals surface area contributed by atoms with E-state index in [2.05, 4.69) is 0 Å². The minimum Gasteiger partial charge on any atom is -0.294 e. The van der Waals surface area contributed by atoms with Crippen LogP contribution in [0.4, 0.5) is 4.39 Å². The molecule has 0 fully saturated rings. The summed E-state index contributed by atoms with van der Waals surface area (Å²) >= 11 is 2.79. The van der Waals surface area contributed by atoms with Gasteiger partial charge in [0.2, 0.25) is 0 Å². The van der Waals surface area contributed by atoms with Crippen LogP contribution in [0.2, 0.25) is 0 Å². The number of hydrogen-bond donors (Lipinski definition) is 0. The third kappa shape index (κ3) is 4.51. The molecule has 0 spiro atoms. The molecule has 0 saturated carbocycles. The van der Waals surface area contributed by atoms with E-state index >= 15 is 0 Å². The first-order valence-corrected chi connectivity index (χ1v) is 10.2. The van der Waals surface area contributed by atoms with Gasteiger partial charge in [-0.1, -0.05) is 45.0 Å². The Bertz CT molecular complexity index is 1130. The molecule has 140 valence electrons. The molecule has 0 unspecified atom stereocenters. The van der Waals surface area contributed by atoms with E-state index < -0.39 is 5.41 Å². The SMILES string of the molecule is CC(C)(C)C(=O)/C=c1\s/c(=C/c2cccs2)c(=O)n1Cc1ccccc1F. The molecule has 2 heterocycles. The quantitative estimate of drug-likeness (QED) is 0.672. The van der Waals surface area contributed by atoms with E-state index in [1.807, 2.05) is 44.4 Å². The van der Waals surface area contributed by atoms with E-state index in [0.29, 0.717) is 14.8 Å². The van der Waals surface area contributed by atoms with Crippen molar-refractivity contribution in [1.29, 1.82) is 0 Å². The summed E-state index contributed by atoms with van der Waals surface area (Å²) in [5.41, 5.74) is -0.358. The first kappa shape index (κ1) is 19.5. The van der Waals surface area contributed by atoms with E-state index in [1.54, 1.807) is 18.2 Å². The lowest BCUT2D eigenvalue weighted by atomic mass is 9.91. The number of ketones is 1. The maximum Gasteiger partial charge on any atom is 0.269 e. The fourth-order valence-corrected chi connectivity index (χ4v) is 4.19. The van der Waals surface area contributed by atoms with Crippen LogP contribution < -0.4 is 14.8 Å². The number of halogens is 1. The molecule has 3 nitrogen and oxygen atoms in total. The fraction of sp³-hybridized carbons (Fsp3) is 0.238. The first-order valence-electron chi connectivity index (χ1n) is 8.50. The number of hydrogen-bond acceptors (Lipinski definition) is 4. The Labute approximate surface area is 164 Å². The van der Waals surface area contributed by atoms with Gasteiger partial charge in [0, 0.05) is 21.9 Å². The number of benzene rings is 1. The smallest absolute Gasteiger partial charge is 0.269 e. The standard InChI is InChI=1S/C21H20FNO2S2/c1-21(2,3)18(24)12-19-23(13-14-7-4-5-9-16(14)22)20(25)17(27-19)11-15-8-6-10-26-15/h4-12H,13H2,1-3H3/b17-11+,19-12-. The molecule has 2 aromatic heterocycles. The number of aromatic nitrogens is 1. The van der Waals surface area contributed by atoms with E-state index in [-0.39, 0.29) is 23.7 Å². The van der Waals surface area contributed by atoms with Crippen molar-refractivity contribution in [3.05, 3.63) is 77.6 Å². The molecule has 0 N–H and O–H groups in total. The number of carbonyl (C=O) groups excluding carboxylic acids is 1. The van der Waals surface area contributed by atoms with Crippen LogP contribution in [0, 0.1) is 11.2 Å². The van der Waals surface area contributed by atoms with Crippen molar-refractivity contribution in [2.75, 3.05) is 0 Å². The second kappa shape index (κ2) is 7.74. The maximum atomic E-state index is 14.1. The maximum absolute atomic E-state index is 14.1. The molecule has 0 aliphatic rings. The number of rotatable bonds is 4. The van der Waals surface area contributed by atoms with Crippen molar-refractivity contribution in [2.24, 2.45) is 5.41 Å². The lowest BCUT2D eigenvalue weighted by Gasteiger charge is -2.13. The van der Waals surface area contributed by atoms with Gasteiger partial charge < -0.3 is 0 Å². The van der Waals surface area contributed by atoms with Gasteiger partial charge in [-0.15, -0.1) is 22.7 Å². The van der Waals surface area contributed by atoms with Crippen molar-refractivity contribution in [3.63, 3.8) is 0 Å². The normalized spacial score (nSPS) is 13.3. The van der Waals surface area contributed by atoms with Gasteiger partial charge in [0.05, 0.1) is 11.1 Å². The first-order chi connectivity index (χ1) is 12.8. The summed E-state index contributed by atoms with van der Waals surface area (Å²) < 4.78 is 16.6. The Hall–Kier alpha value is -2.31. The predicted molar refractivity (Wildman–Crippen MR) is 110 cm³/mol. The van der Waals surface area contributed by atoms with Crippen molar-refractivity contribution >= 4 is 40.6 Å². The zero-order valence-corrected chi connectivity index (χ0v) is 17.0. The number of Topliss-reactive ketones (excluding diaryl/α,β-unsaturated/α-hetero) is 1. The molecular formula is C21H20FNO2S2. The molecule has 6 heteroatoms. The van der Waals surface area contributed by atoms with Crippen molar-refractivity contribution in [3.8, 4) is 0 Å². The molecule has 27 heavy (non-hydrogen) atoms. The van der Waals surface area contributed by atoms with Gasteiger partial charge in [0.15, 0.2) is 5.78 Å². The van der Waals surface area contributed by atoms with Crippen LogP contribution >= 0.6 is 22.7 Å². The van der Waals surface area contributed by atoms with Gasteiger partial charge in [0.1, 0.15) is 10.5 Å². The van der Waals surface area contributed by atoms with Crippen LogP contribution in [0.25, 0.3) is 12.2 Å². The molecule has 0 amide bonds. The van der Waals surface area contributed by atoms with Gasteiger partial charge in [0.25, 0.3) is 5.56 Å². The van der Waals surface area contributed by atoms with Crippen LogP contribution in [0.15, 0.2) is 46.6 Å². The molecule has 1 aromatic carbocycles. The molecule has 0 bridgehead atoms. The van der Waals surface area contributed by atoms with Crippen LogP contribution in [-0.4, -0.2) is 10.4 Å². The highest BCUT2D eigenvalue weighted by atomic mass is 32.1. The highest BCUT2D eigenvalue weighted by molar-refractivity contribution is 7.11. The monoisotopic (exact) mass is 401 g/mol. The van der Waals surface area contributed by atoms with E-state index in [1.165, 1.54) is 39.4 Å². The zero-order chi connectivity index (χ0) is 19.6. The van der Waals surface area contributed by atoms with Gasteiger partial charge >= 0.3 is 0 Å². The lowest BCUT2D eigenvalue weighted by molar-refractivity contribution is -0.120. The molecule has 3 rings (SSSR count). The molecule has 3 aromatic rings. The predicted octanol–water partition coefficient (Wildman–Crippen LogP) is 3.38. The summed E-state index contributed by atoms with van der Waals surface area (Å²) in [4.78, 5) is 26.4. The topological polar surface area (TPSA) is 39.1 Å². The van der Waals surface area contributed by atoms with Crippen LogP contribution in [-0.2, 0) is 11.3 Å². The molecular weight excluding hydrogens is 381 g/mol. The van der Waals surface area contributed by atoms with Crippen LogP contribution in [0.3, 0.4) is 0 Å². The number of thiazole rings is 1. The van der Waals surface area contributed by atoms with Crippen molar-refractivity contribution in [1.82, 2.24) is 4.57 Å². The van der Waals surface area contributed by atoms with Gasteiger partial charge in [-0.3, -0.25) is 14.2 Å². The van der Waals surface area contributed by atoms with E-state index in [4.69, 9.17) is 0 Å². The Kier molecular flexibility index (Phi) is 5.58. The average Bonchev–Trinajstić information content (AvgIpc) is 3.20. The molecule has 0 radical (unpaired) electrons. The summed E-state index contributed by atoms with van der Waals surface area (Å²) in [5, 5.41) is 1.94. The number of carbonyl (C=O) groups is 1. The molecule has 0 saturated heterocycles. The lowest BCUT2D eigenvalue weighted by Crippen LogP contribution is -2.33.